The van der Waals surface area contributed by atoms with Crippen molar-refractivity contribution in [1.82, 2.24) is 4.98 Å². The fourth-order valence-electron chi connectivity index (χ4n) is 2.24. The van der Waals surface area contributed by atoms with E-state index in [-0.39, 0.29) is 5.78 Å². The number of hydrogen-bond acceptors (Lipinski definition) is 1. The van der Waals surface area contributed by atoms with Gasteiger partial charge in [-0.15, -0.1) is 0 Å². The lowest BCUT2D eigenvalue weighted by molar-refractivity contribution is 0.103. The van der Waals surface area contributed by atoms with Crippen molar-refractivity contribution in [3.8, 4) is 0 Å². The Labute approximate surface area is 133 Å². The third-order valence-corrected chi connectivity index (χ3v) is 4.44. The average molecular weight is 393 g/mol. The number of nitrogens with one attached hydrogen (secondary N) is 1. The highest BCUT2D eigenvalue weighted by Crippen LogP contribution is 2.27. The zero-order chi connectivity index (χ0) is 14.3. The molecule has 0 amide bonds. The molecule has 0 radical (unpaired) electrons. The second kappa shape index (κ2) is 5.19. The fraction of sp³-hybridized carbons (Fsp3) is 0.0625. The van der Waals surface area contributed by atoms with Crippen molar-refractivity contribution in [2.24, 2.45) is 0 Å². The topological polar surface area (TPSA) is 32.9 Å². The Balaban J connectivity index is 2.17. The van der Waals surface area contributed by atoms with Gasteiger partial charge in [-0.3, -0.25) is 4.79 Å². The first-order chi connectivity index (χ1) is 9.56. The highest BCUT2D eigenvalue weighted by Gasteiger charge is 2.17. The molecule has 0 atom stereocenters. The number of carbonyl (C=O) groups is 1. The van der Waals surface area contributed by atoms with Crippen LogP contribution in [0.2, 0.25) is 0 Å². The number of benzene rings is 2. The summed E-state index contributed by atoms with van der Waals surface area (Å²) in [6, 6.07) is 11.7. The Morgan fingerprint density at radius 3 is 2.65 bits per heavy atom. The number of carbonyl (C=O) groups excluding carboxylic acids is 1. The molecule has 0 spiro atoms. The first-order valence-corrected chi connectivity index (χ1v) is 7.72. The molecule has 0 unspecified atom stereocenters. The van der Waals surface area contributed by atoms with Gasteiger partial charge >= 0.3 is 0 Å². The molecule has 3 rings (SSSR count). The van der Waals surface area contributed by atoms with Crippen LogP contribution in [0.3, 0.4) is 0 Å². The van der Waals surface area contributed by atoms with Gasteiger partial charge in [-0.05, 0) is 37.3 Å². The highest BCUT2D eigenvalue weighted by molar-refractivity contribution is 9.10. The molecule has 0 bridgehead atoms. The molecule has 0 aliphatic heterocycles. The van der Waals surface area contributed by atoms with Crippen molar-refractivity contribution in [3.63, 3.8) is 0 Å². The first-order valence-electron chi connectivity index (χ1n) is 6.14. The lowest BCUT2D eigenvalue weighted by Gasteiger charge is -2.04. The second-order valence-electron chi connectivity index (χ2n) is 4.70. The molecular formula is C16H11Br2NO. The second-order valence-corrected chi connectivity index (χ2v) is 6.47. The van der Waals surface area contributed by atoms with E-state index in [0.717, 1.165) is 25.4 Å². The van der Waals surface area contributed by atoms with Crippen LogP contribution in [0, 0.1) is 6.92 Å². The van der Waals surface area contributed by atoms with Gasteiger partial charge in [0.1, 0.15) is 0 Å². The standard InChI is InChI=1S/C16H11Br2NO/c1-9-2-4-14(18)12(6-9)16(20)13-8-19-15-5-3-10(17)7-11(13)15/h2-8,19H,1H3. The van der Waals surface area contributed by atoms with Crippen molar-refractivity contribution in [1.29, 1.82) is 0 Å². The zero-order valence-corrected chi connectivity index (χ0v) is 13.9. The van der Waals surface area contributed by atoms with Gasteiger partial charge in [-0.1, -0.05) is 43.5 Å². The minimum Gasteiger partial charge on any atom is -0.360 e. The van der Waals surface area contributed by atoms with Crippen LogP contribution in [0.1, 0.15) is 21.5 Å². The van der Waals surface area contributed by atoms with Gasteiger partial charge in [0, 0.05) is 37.2 Å². The molecule has 0 saturated heterocycles. The summed E-state index contributed by atoms with van der Waals surface area (Å²) in [7, 11) is 0. The number of H-pyrrole nitrogens is 1. The summed E-state index contributed by atoms with van der Waals surface area (Å²) >= 11 is 6.90. The molecule has 1 heterocycles. The molecule has 20 heavy (non-hydrogen) atoms. The minimum atomic E-state index is 0.0184. The number of aryl methyl sites for hydroxylation is 1. The molecule has 0 fully saturated rings. The van der Waals surface area contributed by atoms with Crippen LogP contribution >= 0.6 is 31.9 Å². The largest absolute Gasteiger partial charge is 0.360 e. The lowest BCUT2D eigenvalue weighted by atomic mass is 10.0. The Morgan fingerprint density at radius 1 is 1.05 bits per heavy atom. The van der Waals surface area contributed by atoms with Crippen LogP contribution in [-0.2, 0) is 0 Å². The van der Waals surface area contributed by atoms with Crippen molar-refractivity contribution in [2.75, 3.05) is 0 Å². The van der Waals surface area contributed by atoms with Crippen LogP contribution in [0.5, 0.6) is 0 Å². The number of rotatable bonds is 2. The molecule has 100 valence electrons. The number of hydrogen-bond donors (Lipinski definition) is 1. The summed E-state index contributed by atoms with van der Waals surface area (Å²) in [5.41, 5.74) is 3.40. The molecule has 0 aliphatic carbocycles. The molecule has 1 N–H and O–H groups in total. The summed E-state index contributed by atoms with van der Waals surface area (Å²) in [4.78, 5) is 15.9. The highest BCUT2D eigenvalue weighted by atomic mass is 79.9. The van der Waals surface area contributed by atoms with Crippen LogP contribution in [0.25, 0.3) is 10.9 Å². The maximum absolute atomic E-state index is 12.7. The van der Waals surface area contributed by atoms with Gasteiger partial charge in [0.25, 0.3) is 0 Å². The minimum absolute atomic E-state index is 0.0184. The monoisotopic (exact) mass is 391 g/mol. The van der Waals surface area contributed by atoms with Gasteiger partial charge < -0.3 is 4.98 Å². The van der Waals surface area contributed by atoms with E-state index in [1.807, 2.05) is 43.3 Å². The van der Waals surface area contributed by atoms with Crippen molar-refractivity contribution in [3.05, 3.63) is 68.2 Å². The zero-order valence-electron chi connectivity index (χ0n) is 10.7. The van der Waals surface area contributed by atoms with E-state index < -0.39 is 0 Å². The van der Waals surface area contributed by atoms with E-state index in [9.17, 15) is 4.79 Å². The van der Waals surface area contributed by atoms with Gasteiger partial charge in [-0.25, -0.2) is 0 Å². The van der Waals surface area contributed by atoms with E-state index in [1.54, 1.807) is 6.20 Å². The Morgan fingerprint density at radius 2 is 1.85 bits per heavy atom. The van der Waals surface area contributed by atoms with Crippen LogP contribution in [0.15, 0.2) is 51.5 Å². The van der Waals surface area contributed by atoms with Gasteiger partial charge in [0.2, 0.25) is 0 Å². The third kappa shape index (κ3) is 2.34. The molecule has 0 aliphatic rings. The van der Waals surface area contributed by atoms with Gasteiger partial charge in [-0.2, -0.15) is 0 Å². The van der Waals surface area contributed by atoms with Crippen molar-refractivity contribution in [2.45, 2.75) is 6.92 Å². The van der Waals surface area contributed by atoms with E-state index in [4.69, 9.17) is 0 Å². The molecule has 0 saturated carbocycles. The Bertz CT molecular complexity index is 820. The van der Waals surface area contributed by atoms with E-state index in [0.29, 0.717) is 11.1 Å². The summed E-state index contributed by atoms with van der Waals surface area (Å²) in [6.45, 7) is 1.98. The SMILES string of the molecule is Cc1ccc(Br)c(C(=O)c2c[nH]c3ccc(Br)cc23)c1. The molecule has 1 aromatic heterocycles. The number of fused-ring (bicyclic) bond motifs is 1. The number of aromatic amines is 1. The number of aromatic nitrogens is 1. The molecule has 3 aromatic rings. The van der Waals surface area contributed by atoms with Crippen molar-refractivity contribution >= 4 is 48.5 Å². The lowest BCUT2D eigenvalue weighted by Crippen LogP contribution is -2.02. The van der Waals surface area contributed by atoms with Gasteiger partial charge in [0.05, 0.1) is 0 Å². The molecule has 4 heteroatoms. The maximum Gasteiger partial charge on any atom is 0.196 e. The summed E-state index contributed by atoms with van der Waals surface area (Å²) in [6.07, 6.45) is 1.77. The van der Waals surface area contributed by atoms with Crippen LogP contribution in [0.4, 0.5) is 0 Å². The average Bonchev–Trinajstić information content (AvgIpc) is 2.83. The quantitative estimate of drug-likeness (QED) is 0.595. The number of halogens is 2. The molecule has 2 nitrogen and oxygen atoms in total. The predicted octanol–water partition coefficient (Wildman–Crippen LogP) is 5.23. The van der Waals surface area contributed by atoms with E-state index in [1.165, 1.54) is 0 Å². The summed E-state index contributed by atoms with van der Waals surface area (Å²) in [5, 5.41) is 0.929. The van der Waals surface area contributed by atoms with Crippen molar-refractivity contribution < 1.29 is 4.79 Å². The van der Waals surface area contributed by atoms with Gasteiger partial charge in [0.15, 0.2) is 5.78 Å². The number of ketones is 1. The maximum atomic E-state index is 12.7. The first kappa shape index (κ1) is 13.6. The smallest absolute Gasteiger partial charge is 0.196 e. The molecular weight excluding hydrogens is 382 g/mol. The third-order valence-electron chi connectivity index (χ3n) is 3.25. The van der Waals surface area contributed by atoms with Crippen LogP contribution in [-0.4, -0.2) is 10.8 Å². The van der Waals surface area contributed by atoms with Crippen LogP contribution < -0.4 is 0 Å². The van der Waals surface area contributed by atoms with E-state index in [2.05, 4.69) is 36.8 Å². The van der Waals surface area contributed by atoms with E-state index >= 15 is 0 Å². The molecule has 2 aromatic carbocycles. The predicted molar refractivity (Wildman–Crippen MR) is 88.3 cm³/mol. The Hall–Kier alpha value is -1.39. The Kier molecular flexibility index (Phi) is 3.52. The fourth-order valence-corrected chi connectivity index (χ4v) is 3.03. The summed E-state index contributed by atoms with van der Waals surface area (Å²) < 4.78 is 1.78. The normalized spacial score (nSPS) is 10.9. The summed E-state index contributed by atoms with van der Waals surface area (Å²) in [5.74, 6) is 0.0184.